The number of aromatic nitrogens is 4. The fourth-order valence-electron chi connectivity index (χ4n) is 5.10. The van der Waals surface area contributed by atoms with Gasteiger partial charge in [0.05, 0.1) is 53.8 Å². The highest BCUT2D eigenvalue weighted by Gasteiger charge is 2.41. The Bertz CT molecular complexity index is 1440. The van der Waals surface area contributed by atoms with Gasteiger partial charge in [-0.2, -0.15) is 9.61 Å². The molecule has 8 nitrogen and oxygen atoms in total. The first-order chi connectivity index (χ1) is 17.8. The van der Waals surface area contributed by atoms with Gasteiger partial charge in [-0.15, -0.1) is 0 Å². The van der Waals surface area contributed by atoms with E-state index in [1.165, 1.54) is 10.6 Å². The van der Waals surface area contributed by atoms with E-state index in [0.29, 0.717) is 29.6 Å². The number of ether oxygens (including phenoxy) is 1. The maximum absolute atomic E-state index is 15.0. The second kappa shape index (κ2) is 9.00. The molecule has 37 heavy (non-hydrogen) atoms. The summed E-state index contributed by atoms with van der Waals surface area (Å²) in [7, 11) is 0. The third-order valence-electron chi connectivity index (χ3n) is 6.94. The van der Waals surface area contributed by atoms with Gasteiger partial charge in [0.2, 0.25) is 5.95 Å². The van der Waals surface area contributed by atoms with E-state index in [0.717, 1.165) is 30.8 Å². The van der Waals surface area contributed by atoms with Gasteiger partial charge >= 0.3 is 0 Å². The standard InChI is InChI=1S/C26H26F3N7O/c1-15-6-17(30)12-35(11-15)23-4-5-31-10-22(23)33-25-32-9-18-2-3-21(34-36(18)25)24-19(27)7-16(8-20(24)28)26(29)13-37-14-26/h2-5,7-10,15,17H,6,11-14,30H2,1H3,(H,32,33)/t15-,17+/m1/s1. The topological polar surface area (TPSA) is 93.6 Å². The molecular formula is C26H26F3N7O. The highest BCUT2D eigenvalue weighted by atomic mass is 19.1. The fourth-order valence-corrected chi connectivity index (χ4v) is 5.10. The molecule has 2 saturated heterocycles. The Balaban J connectivity index is 1.35. The van der Waals surface area contributed by atoms with E-state index in [1.54, 1.807) is 24.7 Å². The van der Waals surface area contributed by atoms with E-state index in [2.05, 4.69) is 32.2 Å². The molecule has 1 aromatic carbocycles. The van der Waals surface area contributed by atoms with Gasteiger partial charge in [0, 0.05) is 25.3 Å². The van der Waals surface area contributed by atoms with Gasteiger partial charge in [-0.3, -0.25) is 4.98 Å². The summed E-state index contributed by atoms with van der Waals surface area (Å²) in [5.74, 6) is -0.996. The van der Waals surface area contributed by atoms with Crippen LogP contribution in [0.1, 0.15) is 18.9 Å². The molecule has 192 valence electrons. The normalized spacial score (nSPS) is 21.2. The molecule has 0 amide bonds. The van der Waals surface area contributed by atoms with Crippen LogP contribution < -0.4 is 16.0 Å². The molecule has 2 atom stereocenters. The van der Waals surface area contributed by atoms with Crippen LogP contribution in [0.25, 0.3) is 16.8 Å². The fraction of sp³-hybridized carbons (Fsp3) is 0.346. The van der Waals surface area contributed by atoms with E-state index >= 15 is 8.78 Å². The summed E-state index contributed by atoms with van der Waals surface area (Å²) in [4.78, 5) is 10.9. The number of pyridine rings is 1. The lowest BCUT2D eigenvalue weighted by Crippen LogP contribution is -2.46. The van der Waals surface area contributed by atoms with Crippen molar-refractivity contribution < 1.29 is 17.9 Å². The van der Waals surface area contributed by atoms with E-state index in [9.17, 15) is 4.39 Å². The largest absolute Gasteiger partial charge is 0.374 e. The van der Waals surface area contributed by atoms with Crippen LogP contribution in [-0.2, 0) is 10.4 Å². The molecule has 0 bridgehead atoms. The number of anilines is 3. The zero-order valence-electron chi connectivity index (χ0n) is 20.2. The molecule has 2 aliphatic heterocycles. The second-order valence-corrected chi connectivity index (χ2v) is 9.93. The third-order valence-corrected chi connectivity index (χ3v) is 6.94. The van der Waals surface area contributed by atoms with E-state index in [1.807, 2.05) is 6.07 Å². The predicted molar refractivity (Wildman–Crippen MR) is 133 cm³/mol. The number of alkyl halides is 1. The maximum atomic E-state index is 15.0. The van der Waals surface area contributed by atoms with Gasteiger partial charge in [-0.25, -0.2) is 18.2 Å². The number of hydrogen-bond donors (Lipinski definition) is 2. The molecule has 2 aliphatic rings. The molecule has 2 fully saturated rings. The quantitative estimate of drug-likeness (QED) is 0.417. The highest BCUT2D eigenvalue weighted by Crippen LogP contribution is 2.37. The van der Waals surface area contributed by atoms with Crippen molar-refractivity contribution in [3.8, 4) is 11.3 Å². The number of halogens is 3. The van der Waals surface area contributed by atoms with Crippen LogP contribution in [-0.4, -0.2) is 51.9 Å². The van der Waals surface area contributed by atoms with Crippen LogP contribution in [0.5, 0.6) is 0 Å². The Hall–Kier alpha value is -3.70. The zero-order chi connectivity index (χ0) is 25.7. The van der Waals surface area contributed by atoms with Gasteiger partial charge in [0.25, 0.3) is 0 Å². The lowest BCUT2D eigenvalue weighted by atomic mass is 9.92. The number of piperidine rings is 1. The summed E-state index contributed by atoms with van der Waals surface area (Å²) in [6.45, 7) is 3.30. The first-order valence-electron chi connectivity index (χ1n) is 12.1. The Morgan fingerprint density at radius 2 is 1.89 bits per heavy atom. The van der Waals surface area contributed by atoms with Crippen molar-refractivity contribution in [1.29, 1.82) is 0 Å². The van der Waals surface area contributed by atoms with Gasteiger partial charge in [-0.1, -0.05) is 6.92 Å². The average Bonchev–Trinajstić information content (AvgIpc) is 3.24. The molecule has 0 aliphatic carbocycles. The smallest absolute Gasteiger partial charge is 0.229 e. The molecule has 5 heterocycles. The SMILES string of the molecule is C[C@@H]1C[C@H](N)CN(c2ccncc2Nc2ncc3ccc(-c4c(F)cc(C5(F)COC5)cc4F)nn23)C1. The van der Waals surface area contributed by atoms with Crippen molar-refractivity contribution in [3.63, 3.8) is 0 Å². The Labute approximate surface area is 211 Å². The van der Waals surface area contributed by atoms with Crippen LogP contribution >= 0.6 is 0 Å². The maximum Gasteiger partial charge on any atom is 0.229 e. The van der Waals surface area contributed by atoms with Gasteiger partial charge in [-0.05, 0) is 48.2 Å². The van der Waals surface area contributed by atoms with Crippen LogP contribution in [0, 0.1) is 17.6 Å². The molecule has 0 spiro atoms. The Kier molecular flexibility index (Phi) is 5.76. The number of benzene rings is 1. The van der Waals surface area contributed by atoms with E-state index < -0.39 is 17.3 Å². The Morgan fingerprint density at radius 1 is 1.11 bits per heavy atom. The molecular weight excluding hydrogens is 483 g/mol. The number of rotatable bonds is 5. The van der Waals surface area contributed by atoms with E-state index in [-0.39, 0.29) is 36.1 Å². The zero-order valence-corrected chi connectivity index (χ0v) is 20.2. The van der Waals surface area contributed by atoms with Crippen molar-refractivity contribution in [2.24, 2.45) is 11.7 Å². The number of nitrogens with two attached hydrogens (primary N) is 1. The summed E-state index contributed by atoms with van der Waals surface area (Å²) in [6, 6.07) is 7.17. The molecule has 0 radical (unpaired) electrons. The minimum absolute atomic E-state index is 0.0510. The van der Waals surface area contributed by atoms with Crippen LogP contribution in [0.2, 0.25) is 0 Å². The van der Waals surface area contributed by atoms with E-state index in [4.69, 9.17) is 10.5 Å². The van der Waals surface area contributed by atoms with Gasteiger partial charge in [0.15, 0.2) is 5.67 Å². The monoisotopic (exact) mass is 509 g/mol. The highest BCUT2D eigenvalue weighted by molar-refractivity contribution is 5.74. The van der Waals surface area contributed by atoms with Crippen molar-refractivity contribution in [1.82, 2.24) is 19.6 Å². The number of hydrogen-bond acceptors (Lipinski definition) is 7. The number of nitrogens with one attached hydrogen (secondary N) is 1. The van der Waals surface area contributed by atoms with Crippen LogP contribution in [0.15, 0.2) is 48.9 Å². The van der Waals surface area contributed by atoms with Crippen molar-refractivity contribution >= 4 is 22.8 Å². The molecule has 3 aromatic heterocycles. The predicted octanol–water partition coefficient (Wildman–Crippen LogP) is 4.18. The van der Waals surface area contributed by atoms with Gasteiger partial charge in [0.1, 0.15) is 11.6 Å². The third kappa shape index (κ3) is 4.27. The van der Waals surface area contributed by atoms with Gasteiger partial charge < -0.3 is 20.7 Å². The Morgan fingerprint density at radius 3 is 2.59 bits per heavy atom. The summed E-state index contributed by atoms with van der Waals surface area (Å²) >= 11 is 0. The number of imidazole rings is 1. The lowest BCUT2D eigenvalue weighted by molar-refractivity contribution is -0.135. The van der Waals surface area contributed by atoms with Crippen LogP contribution in [0.4, 0.5) is 30.5 Å². The second-order valence-electron chi connectivity index (χ2n) is 9.93. The molecule has 4 aromatic rings. The molecule has 3 N–H and O–H groups in total. The number of fused-ring (bicyclic) bond motifs is 1. The number of nitrogens with zero attached hydrogens (tertiary/aromatic N) is 5. The first kappa shape index (κ1) is 23.7. The summed E-state index contributed by atoms with van der Waals surface area (Å²) in [5, 5.41) is 7.72. The van der Waals surface area contributed by atoms with Crippen molar-refractivity contribution in [2.45, 2.75) is 25.1 Å². The molecule has 6 rings (SSSR count). The summed E-state index contributed by atoms with van der Waals surface area (Å²) in [6.07, 6.45) is 5.99. The van der Waals surface area contributed by atoms with Crippen molar-refractivity contribution in [3.05, 3.63) is 66.1 Å². The minimum atomic E-state index is -1.88. The minimum Gasteiger partial charge on any atom is -0.374 e. The molecule has 0 saturated carbocycles. The molecule has 11 heteroatoms. The lowest BCUT2D eigenvalue weighted by Gasteiger charge is -2.37. The average molecular weight is 510 g/mol. The first-order valence-corrected chi connectivity index (χ1v) is 12.1. The summed E-state index contributed by atoms with van der Waals surface area (Å²) in [5.41, 5.74) is 6.27. The van der Waals surface area contributed by atoms with Crippen LogP contribution in [0.3, 0.4) is 0 Å². The summed E-state index contributed by atoms with van der Waals surface area (Å²) < 4.78 is 51.1. The van der Waals surface area contributed by atoms with Crippen molar-refractivity contribution in [2.75, 3.05) is 36.5 Å². The molecule has 0 unspecified atom stereocenters.